The first-order valence-corrected chi connectivity index (χ1v) is 16.8. The van der Waals surface area contributed by atoms with E-state index in [1.165, 1.54) is 83.2 Å². The van der Waals surface area contributed by atoms with E-state index in [1.807, 2.05) is 0 Å². The van der Waals surface area contributed by atoms with Crippen molar-refractivity contribution in [2.75, 3.05) is 0 Å². The summed E-state index contributed by atoms with van der Waals surface area (Å²) in [5.41, 5.74) is 15.4. The Labute approximate surface area is 279 Å². The zero-order valence-corrected chi connectivity index (χ0v) is 26.4. The maximum atomic E-state index is 2.52. The van der Waals surface area contributed by atoms with Gasteiger partial charge in [-0.25, -0.2) is 0 Å². The highest BCUT2D eigenvalue weighted by Gasteiger charge is 2.32. The van der Waals surface area contributed by atoms with Crippen LogP contribution in [0.5, 0.6) is 0 Å². The molecule has 0 saturated heterocycles. The molecule has 48 heavy (non-hydrogen) atoms. The van der Waals surface area contributed by atoms with Gasteiger partial charge in [-0.1, -0.05) is 133 Å². The molecule has 0 N–H and O–H groups in total. The second-order valence-electron chi connectivity index (χ2n) is 12.9. The molecule has 0 aliphatic heterocycles. The van der Waals surface area contributed by atoms with Crippen molar-refractivity contribution in [3.05, 3.63) is 193 Å². The molecule has 226 valence electrons. The molecule has 0 saturated carbocycles. The Kier molecular flexibility index (Phi) is 6.04. The number of hydrogen-bond acceptors (Lipinski definition) is 0. The Morgan fingerprint density at radius 1 is 0.396 bits per heavy atom. The normalized spacial score (nSPS) is 14.0. The zero-order valence-electron chi connectivity index (χ0n) is 26.4. The highest BCUT2D eigenvalue weighted by Crippen LogP contribution is 2.48. The van der Waals surface area contributed by atoms with E-state index in [2.05, 4.69) is 185 Å². The summed E-state index contributed by atoms with van der Waals surface area (Å²) >= 11 is 0. The van der Waals surface area contributed by atoms with Crippen LogP contribution in [0.2, 0.25) is 0 Å². The largest absolute Gasteiger partial charge is 0.312 e. The molecule has 1 aliphatic rings. The summed E-state index contributed by atoms with van der Waals surface area (Å²) < 4.78 is 4.90. The first-order chi connectivity index (χ1) is 23.8. The van der Waals surface area contributed by atoms with Gasteiger partial charge in [-0.05, 0) is 76.7 Å². The first-order valence-electron chi connectivity index (χ1n) is 16.8. The topological polar surface area (TPSA) is 9.86 Å². The van der Waals surface area contributed by atoms with Gasteiger partial charge in [0.2, 0.25) is 0 Å². The minimum Gasteiger partial charge on any atom is -0.312 e. The van der Waals surface area contributed by atoms with Gasteiger partial charge in [0.1, 0.15) is 0 Å². The SMILES string of the molecule is c1ccc(C2Cc3ccccc3-c3c2n(-c2ccc(-c4ccc(-n5c6ccccc6c6ccccc65)cc4)cc2)c2ccccc32)cc1. The van der Waals surface area contributed by atoms with E-state index in [0.717, 1.165) is 6.42 Å². The van der Waals surface area contributed by atoms with Crippen LogP contribution in [0, 0.1) is 0 Å². The molecule has 0 amide bonds. The van der Waals surface area contributed by atoms with Gasteiger partial charge in [-0.2, -0.15) is 0 Å². The molecule has 2 heteroatoms. The van der Waals surface area contributed by atoms with Crippen molar-refractivity contribution in [3.63, 3.8) is 0 Å². The fourth-order valence-corrected chi connectivity index (χ4v) is 8.18. The van der Waals surface area contributed by atoms with Crippen molar-refractivity contribution in [3.8, 4) is 33.6 Å². The van der Waals surface area contributed by atoms with Crippen LogP contribution in [0.1, 0.15) is 22.7 Å². The predicted molar refractivity (Wildman–Crippen MR) is 200 cm³/mol. The van der Waals surface area contributed by atoms with Gasteiger partial charge in [0.05, 0.1) is 16.6 Å². The number of nitrogens with zero attached hydrogens (tertiary/aromatic N) is 2. The Balaban J connectivity index is 1.08. The van der Waals surface area contributed by atoms with Crippen LogP contribution in [0.4, 0.5) is 0 Å². The van der Waals surface area contributed by atoms with Crippen LogP contribution in [0.3, 0.4) is 0 Å². The fraction of sp³-hybridized carbons (Fsp3) is 0.0435. The summed E-state index contributed by atoms with van der Waals surface area (Å²) in [7, 11) is 0. The van der Waals surface area contributed by atoms with Crippen molar-refractivity contribution >= 4 is 32.7 Å². The number of fused-ring (bicyclic) bond motifs is 8. The molecule has 1 aliphatic carbocycles. The minimum absolute atomic E-state index is 0.261. The Morgan fingerprint density at radius 2 is 0.875 bits per heavy atom. The van der Waals surface area contributed by atoms with Crippen molar-refractivity contribution in [1.82, 2.24) is 9.13 Å². The summed E-state index contributed by atoms with van der Waals surface area (Å²) in [6.07, 6.45) is 0.986. The molecule has 0 fully saturated rings. The van der Waals surface area contributed by atoms with E-state index < -0.39 is 0 Å². The van der Waals surface area contributed by atoms with E-state index in [1.54, 1.807) is 0 Å². The third-order valence-corrected chi connectivity index (χ3v) is 10.3. The van der Waals surface area contributed by atoms with Gasteiger partial charge in [-0.3, -0.25) is 0 Å². The van der Waals surface area contributed by atoms with Crippen LogP contribution in [0.15, 0.2) is 176 Å². The Bertz CT molecular complexity index is 2570. The quantitative estimate of drug-likeness (QED) is 0.187. The van der Waals surface area contributed by atoms with Crippen molar-refractivity contribution in [2.24, 2.45) is 0 Å². The molecule has 0 radical (unpaired) electrons. The van der Waals surface area contributed by atoms with Crippen LogP contribution in [-0.4, -0.2) is 9.13 Å². The lowest BCUT2D eigenvalue weighted by atomic mass is 9.78. The highest BCUT2D eigenvalue weighted by atomic mass is 15.0. The Morgan fingerprint density at radius 3 is 1.50 bits per heavy atom. The minimum atomic E-state index is 0.261. The lowest BCUT2D eigenvalue weighted by Crippen LogP contribution is -2.16. The van der Waals surface area contributed by atoms with Crippen LogP contribution >= 0.6 is 0 Å². The Hall–Kier alpha value is -6.12. The van der Waals surface area contributed by atoms with Crippen molar-refractivity contribution in [2.45, 2.75) is 12.3 Å². The molecule has 2 heterocycles. The maximum Gasteiger partial charge on any atom is 0.0541 e. The summed E-state index contributed by atoms with van der Waals surface area (Å²) in [5.74, 6) is 0.261. The van der Waals surface area contributed by atoms with E-state index >= 15 is 0 Å². The summed E-state index contributed by atoms with van der Waals surface area (Å²) in [6, 6.07) is 64.4. The van der Waals surface area contributed by atoms with Crippen LogP contribution < -0.4 is 0 Å². The molecule has 0 bridgehead atoms. The van der Waals surface area contributed by atoms with Crippen LogP contribution in [-0.2, 0) is 6.42 Å². The first kappa shape index (κ1) is 27.0. The molecule has 7 aromatic carbocycles. The maximum absolute atomic E-state index is 2.52. The van der Waals surface area contributed by atoms with Crippen molar-refractivity contribution < 1.29 is 0 Å². The summed E-state index contributed by atoms with van der Waals surface area (Å²) in [6.45, 7) is 0. The fourth-order valence-electron chi connectivity index (χ4n) is 8.18. The van der Waals surface area contributed by atoms with E-state index in [0.29, 0.717) is 0 Å². The lowest BCUT2D eigenvalue weighted by molar-refractivity contribution is 0.746. The number of rotatable bonds is 4. The molecular formula is C46H32N2. The molecular weight excluding hydrogens is 581 g/mol. The van der Waals surface area contributed by atoms with E-state index in [-0.39, 0.29) is 5.92 Å². The van der Waals surface area contributed by atoms with Gasteiger partial charge in [0, 0.05) is 44.7 Å². The molecule has 10 rings (SSSR count). The molecule has 1 unspecified atom stereocenters. The van der Waals surface area contributed by atoms with Gasteiger partial charge in [-0.15, -0.1) is 0 Å². The number of aromatic nitrogens is 2. The van der Waals surface area contributed by atoms with Gasteiger partial charge in [0.25, 0.3) is 0 Å². The van der Waals surface area contributed by atoms with Crippen LogP contribution in [0.25, 0.3) is 66.3 Å². The second-order valence-corrected chi connectivity index (χ2v) is 12.9. The van der Waals surface area contributed by atoms with Gasteiger partial charge >= 0.3 is 0 Å². The number of benzene rings is 7. The smallest absolute Gasteiger partial charge is 0.0541 e. The number of hydrogen-bond donors (Lipinski definition) is 0. The second kappa shape index (κ2) is 10.7. The summed E-state index contributed by atoms with van der Waals surface area (Å²) in [4.78, 5) is 0. The zero-order chi connectivity index (χ0) is 31.6. The van der Waals surface area contributed by atoms with E-state index in [9.17, 15) is 0 Å². The third kappa shape index (κ3) is 4.06. The molecule has 0 spiro atoms. The standard InChI is InChI=1S/C46H32N2/c1-2-12-33(13-3-1)41-30-34-14-4-5-15-37(34)45-40-18-8-11-21-44(40)48(46(41)45)36-28-24-32(25-29-36)31-22-26-35(27-23-31)47-42-19-9-6-16-38(42)39-17-7-10-20-43(39)47/h1-29,41H,30H2. The molecule has 2 nitrogen and oxygen atoms in total. The lowest BCUT2D eigenvalue weighted by Gasteiger charge is -2.28. The molecule has 1 atom stereocenters. The molecule has 9 aromatic rings. The number of para-hydroxylation sites is 3. The van der Waals surface area contributed by atoms with Gasteiger partial charge in [0.15, 0.2) is 0 Å². The molecule has 2 aromatic heterocycles. The summed E-state index contributed by atoms with van der Waals surface area (Å²) in [5, 5.41) is 3.88. The van der Waals surface area contributed by atoms with E-state index in [4.69, 9.17) is 0 Å². The third-order valence-electron chi connectivity index (χ3n) is 10.3. The monoisotopic (exact) mass is 612 g/mol. The average Bonchev–Trinajstić information content (AvgIpc) is 3.69. The van der Waals surface area contributed by atoms with Gasteiger partial charge < -0.3 is 9.13 Å². The highest BCUT2D eigenvalue weighted by molar-refractivity contribution is 6.09. The average molecular weight is 613 g/mol. The van der Waals surface area contributed by atoms with Crippen molar-refractivity contribution in [1.29, 1.82) is 0 Å². The predicted octanol–water partition coefficient (Wildman–Crippen LogP) is 11.7.